The van der Waals surface area contributed by atoms with Crippen molar-refractivity contribution in [3.63, 3.8) is 0 Å². The fourth-order valence-corrected chi connectivity index (χ4v) is 5.76. The Bertz CT molecular complexity index is 1220. The molecule has 1 N–H and O–H groups in total. The number of hydrogen-bond acceptors (Lipinski definition) is 8. The molecule has 0 spiro atoms. The number of epoxide rings is 1. The van der Waals surface area contributed by atoms with Crippen LogP contribution in [0.25, 0.3) is 0 Å². The van der Waals surface area contributed by atoms with Gasteiger partial charge in [0.25, 0.3) is 0 Å². The number of aromatic nitrogens is 1. The van der Waals surface area contributed by atoms with Gasteiger partial charge in [-0.3, -0.25) is 19.2 Å². The monoisotopic (exact) mass is 566 g/mol. The van der Waals surface area contributed by atoms with Gasteiger partial charge in [-0.05, 0) is 50.3 Å². The van der Waals surface area contributed by atoms with Crippen molar-refractivity contribution in [1.29, 1.82) is 0 Å². The minimum Gasteiger partial charge on any atom is -0.497 e. The topological polar surface area (TPSA) is 128 Å². The highest BCUT2D eigenvalue weighted by Gasteiger charge is 2.50. The number of nitrogens with one attached hydrogen (secondary N) is 1. The Morgan fingerprint density at radius 3 is 2.39 bits per heavy atom. The van der Waals surface area contributed by atoms with Gasteiger partial charge in [-0.1, -0.05) is 49.9 Å². The fraction of sp³-hybridized carbons (Fsp3) is 0.594. The molecule has 1 aromatic heterocycles. The zero-order valence-corrected chi connectivity index (χ0v) is 24.6. The molecule has 9 heteroatoms. The van der Waals surface area contributed by atoms with E-state index in [1.54, 1.807) is 33.9 Å². The molecule has 4 unspecified atom stereocenters. The van der Waals surface area contributed by atoms with E-state index in [1.807, 2.05) is 24.3 Å². The Balaban J connectivity index is 1.45. The van der Waals surface area contributed by atoms with Crippen molar-refractivity contribution >= 4 is 23.3 Å². The lowest BCUT2D eigenvalue weighted by atomic mass is 9.81. The van der Waals surface area contributed by atoms with Gasteiger partial charge in [-0.15, -0.1) is 0 Å². The number of carbonyl (C=O) groups is 4. The van der Waals surface area contributed by atoms with Crippen LogP contribution in [0.5, 0.6) is 5.75 Å². The Labute approximate surface area is 241 Å². The molecule has 1 aromatic carbocycles. The molecule has 2 aromatic rings. The molecule has 2 heterocycles. The maximum Gasteiger partial charge on any atom is 0.223 e. The van der Waals surface area contributed by atoms with Gasteiger partial charge in [0, 0.05) is 30.7 Å². The van der Waals surface area contributed by atoms with Gasteiger partial charge in [0.15, 0.2) is 11.6 Å². The average Bonchev–Trinajstić information content (AvgIpc) is 3.28. The van der Waals surface area contributed by atoms with Gasteiger partial charge in [-0.25, -0.2) is 0 Å². The molecule has 4 atom stereocenters. The van der Waals surface area contributed by atoms with Crippen LogP contribution in [0.3, 0.4) is 0 Å². The second-order valence-corrected chi connectivity index (χ2v) is 12.0. The SMILES string of the molecule is COc1ccc(CC(NC(=O)C(C)CC(=O)Cc2cc(C)no2)C(=O)CC(CC2CCCC2)C(=O)C2(C)CO2)cc1. The van der Waals surface area contributed by atoms with Gasteiger partial charge < -0.3 is 19.3 Å². The molecule has 2 aliphatic rings. The van der Waals surface area contributed by atoms with Crippen molar-refractivity contribution in [1.82, 2.24) is 10.5 Å². The maximum atomic E-state index is 13.8. The second-order valence-electron chi connectivity index (χ2n) is 12.0. The summed E-state index contributed by atoms with van der Waals surface area (Å²) in [6.07, 6.45) is 5.48. The predicted molar refractivity (Wildman–Crippen MR) is 151 cm³/mol. The second kappa shape index (κ2) is 13.6. The van der Waals surface area contributed by atoms with Crippen molar-refractivity contribution in [2.24, 2.45) is 17.8 Å². The van der Waals surface area contributed by atoms with Crippen LogP contribution in [-0.4, -0.2) is 53.8 Å². The Morgan fingerprint density at radius 2 is 1.80 bits per heavy atom. The number of Topliss-reactive ketones (excluding diaryl/α,β-unsaturated/α-hetero) is 3. The molecular formula is C32H42N2O7. The van der Waals surface area contributed by atoms with Crippen LogP contribution in [0.2, 0.25) is 0 Å². The molecule has 1 saturated carbocycles. The van der Waals surface area contributed by atoms with Crippen LogP contribution < -0.4 is 10.1 Å². The van der Waals surface area contributed by atoms with Crippen molar-refractivity contribution in [2.75, 3.05) is 13.7 Å². The highest BCUT2D eigenvalue weighted by atomic mass is 16.6. The Kier molecular flexibility index (Phi) is 10.1. The summed E-state index contributed by atoms with van der Waals surface area (Å²) in [5, 5.41) is 6.71. The molecule has 41 heavy (non-hydrogen) atoms. The van der Waals surface area contributed by atoms with Crippen LogP contribution in [0.1, 0.15) is 75.8 Å². The summed E-state index contributed by atoms with van der Waals surface area (Å²) >= 11 is 0. The number of aryl methyl sites for hydroxylation is 1. The predicted octanol–water partition coefficient (Wildman–Crippen LogP) is 4.37. The van der Waals surface area contributed by atoms with E-state index < -0.39 is 23.5 Å². The first kappa shape index (κ1) is 30.6. The summed E-state index contributed by atoms with van der Waals surface area (Å²) in [4.78, 5) is 53.0. The molecule has 1 aliphatic heterocycles. The number of amides is 1. The highest BCUT2D eigenvalue weighted by molar-refractivity contribution is 5.97. The van der Waals surface area contributed by atoms with Crippen LogP contribution in [0, 0.1) is 24.7 Å². The summed E-state index contributed by atoms with van der Waals surface area (Å²) in [6, 6.07) is 8.20. The first-order valence-corrected chi connectivity index (χ1v) is 14.6. The number of benzene rings is 1. The molecule has 0 bridgehead atoms. The number of rotatable bonds is 16. The molecule has 222 valence electrons. The lowest BCUT2D eigenvalue weighted by molar-refractivity contribution is -0.134. The van der Waals surface area contributed by atoms with Crippen molar-refractivity contribution in [2.45, 2.75) is 90.2 Å². The van der Waals surface area contributed by atoms with Crippen molar-refractivity contribution in [3.8, 4) is 5.75 Å². The van der Waals surface area contributed by atoms with Gasteiger partial charge in [0.05, 0.1) is 31.9 Å². The molecular weight excluding hydrogens is 524 g/mol. The van der Waals surface area contributed by atoms with E-state index in [0.29, 0.717) is 36.1 Å². The lowest BCUT2D eigenvalue weighted by Gasteiger charge is -2.25. The molecule has 1 aliphatic carbocycles. The van der Waals surface area contributed by atoms with E-state index in [2.05, 4.69) is 10.5 Å². The minimum atomic E-state index is -0.836. The third-order valence-corrected chi connectivity index (χ3v) is 8.34. The van der Waals surface area contributed by atoms with Crippen molar-refractivity contribution in [3.05, 3.63) is 47.3 Å². The smallest absolute Gasteiger partial charge is 0.223 e. The van der Waals surface area contributed by atoms with Gasteiger partial charge in [0.1, 0.15) is 22.9 Å². The van der Waals surface area contributed by atoms with E-state index >= 15 is 0 Å². The molecule has 0 radical (unpaired) electrons. The number of ketones is 3. The zero-order chi connectivity index (χ0) is 29.6. The average molecular weight is 567 g/mol. The molecule has 9 nitrogen and oxygen atoms in total. The number of hydrogen-bond donors (Lipinski definition) is 1. The molecule has 1 amide bonds. The number of methoxy groups -OCH3 is 1. The largest absolute Gasteiger partial charge is 0.497 e. The normalized spacial score (nSPS) is 20.7. The van der Waals surface area contributed by atoms with Gasteiger partial charge in [0.2, 0.25) is 5.91 Å². The minimum absolute atomic E-state index is 0.00745. The summed E-state index contributed by atoms with van der Waals surface area (Å²) < 4.78 is 15.8. The zero-order valence-electron chi connectivity index (χ0n) is 24.6. The van der Waals surface area contributed by atoms with E-state index in [1.165, 1.54) is 0 Å². The number of ether oxygens (including phenoxy) is 2. The fourth-order valence-electron chi connectivity index (χ4n) is 5.76. The quantitative estimate of drug-likeness (QED) is 0.297. The maximum absolute atomic E-state index is 13.8. The Hall–Kier alpha value is -3.33. The van der Waals surface area contributed by atoms with Gasteiger partial charge >= 0.3 is 0 Å². The lowest BCUT2D eigenvalue weighted by Crippen LogP contribution is -2.46. The number of nitrogens with zero attached hydrogens (tertiary/aromatic N) is 1. The summed E-state index contributed by atoms with van der Waals surface area (Å²) in [5.74, 6) is -0.261. The van der Waals surface area contributed by atoms with E-state index in [4.69, 9.17) is 14.0 Å². The Morgan fingerprint density at radius 1 is 1.12 bits per heavy atom. The molecule has 4 rings (SSSR count). The summed E-state index contributed by atoms with van der Waals surface area (Å²) in [7, 11) is 1.58. The summed E-state index contributed by atoms with van der Waals surface area (Å²) in [5.41, 5.74) is 0.727. The van der Waals surface area contributed by atoms with Crippen LogP contribution in [0.15, 0.2) is 34.9 Å². The third-order valence-electron chi connectivity index (χ3n) is 8.34. The standard InChI is InChI=1S/C32H42N2O7/c1-20(13-25(35)18-27-14-21(2)34-41-27)31(38)33-28(16-23-9-11-26(39-4)12-10-23)29(36)17-24(15-22-7-5-6-8-22)30(37)32(3)19-40-32/h9-12,14,20,22,24,28H,5-8,13,15-19H2,1-4H3,(H,33,38). The van der Waals surface area contributed by atoms with Crippen LogP contribution >= 0.6 is 0 Å². The third kappa shape index (κ3) is 8.58. The van der Waals surface area contributed by atoms with Gasteiger partial charge in [-0.2, -0.15) is 0 Å². The first-order chi connectivity index (χ1) is 19.6. The number of carbonyl (C=O) groups excluding carboxylic acids is 4. The summed E-state index contributed by atoms with van der Waals surface area (Å²) in [6.45, 7) is 5.62. The van der Waals surface area contributed by atoms with E-state index in [9.17, 15) is 19.2 Å². The van der Waals surface area contributed by atoms with E-state index in [-0.39, 0.29) is 48.9 Å². The van der Waals surface area contributed by atoms with Crippen molar-refractivity contribution < 1.29 is 33.2 Å². The molecule has 1 saturated heterocycles. The van der Waals surface area contributed by atoms with E-state index in [0.717, 1.165) is 31.2 Å². The first-order valence-electron chi connectivity index (χ1n) is 14.6. The van der Waals surface area contributed by atoms with Crippen LogP contribution in [0.4, 0.5) is 0 Å². The van der Waals surface area contributed by atoms with Crippen LogP contribution in [-0.2, 0) is 36.8 Å². The highest BCUT2D eigenvalue weighted by Crippen LogP contribution is 2.37. The molecule has 2 fully saturated rings.